The van der Waals surface area contributed by atoms with Crippen LogP contribution in [0.4, 0.5) is 0 Å². The summed E-state index contributed by atoms with van der Waals surface area (Å²) in [5.74, 6) is 0. The maximum atomic E-state index is 9.04. The Morgan fingerprint density at radius 1 is 1.50 bits per heavy atom. The minimum atomic E-state index is -0.309. The Hall–Kier alpha value is -0.570. The number of aryl methyl sites for hydroxylation is 1. The first kappa shape index (κ1) is 11.5. The van der Waals surface area contributed by atoms with E-state index >= 15 is 0 Å². The lowest BCUT2D eigenvalue weighted by molar-refractivity contribution is 0.191. The third-order valence-electron chi connectivity index (χ3n) is 2.01. The zero-order chi connectivity index (χ0) is 10.6. The van der Waals surface area contributed by atoms with Gasteiger partial charge in [-0.1, -0.05) is 23.7 Å². The zero-order valence-corrected chi connectivity index (χ0v) is 9.30. The quantitative estimate of drug-likeness (QED) is 0.803. The minimum absolute atomic E-state index is 0.309. The first-order valence-electron chi connectivity index (χ1n) is 4.73. The van der Waals surface area contributed by atoms with Gasteiger partial charge < -0.3 is 10.4 Å². The second-order valence-electron chi connectivity index (χ2n) is 3.56. The van der Waals surface area contributed by atoms with Crippen LogP contribution < -0.4 is 5.32 Å². The van der Waals surface area contributed by atoms with E-state index in [-0.39, 0.29) is 6.10 Å². The Bertz CT molecular complexity index is 299. The van der Waals surface area contributed by atoms with Gasteiger partial charge >= 0.3 is 0 Å². The summed E-state index contributed by atoms with van der Waals surface area (Å²) in [5, 5.41) is 13.0. The Balaban J connectivity index is 2.47. The van der Waals surface area contributed by atoms with Crippen molar-refractivity contribution in [1.29, 1.82) is 0 Å². The summed E-state index contributed by atoms with van der Waals surface area (Å²) >= 11 is 5.98. The van der Waals surface area contributed by atoms with E-state index < -0.39 is 0 Å². The van der Waals surface area contributed by atoms with Crippen molar-refractivity contribution in [2.45, 2.75) is 26.5 Å². The van der Waals surface area contributed by atoms with E-state index in [9.17, 15) is 0 Å². The fourth-order valence-corrected chi connectivity index (χ4v) is 1.37. The highest BCUT2D eigenvalue weighted by Crippen LogP contribution is 2.16. The smallest absolute Gasteiger partial charge is 0.0636 e. The summed E-state index contributed by atoms with van der Waals surface area (Å²) in [6.45, 7) is 5.08. The van der Waals surface area contributed by atoms with Crippen molar-refractivity contribution in [3.05, 3.63) is 34.3 Å². The van der Waals surface area contributed by atoms with E-state index in [4.69, 9.17) is 16.7 Å². The Morgan fingerprint density at radius 2 is 2.21 bits per heavy atom. The Labute approximate surface area is 89.9 Å². The highest BCUT2D eigenvalue weighted by atomic mass is 35.5. The molecule has 1 atom stereocenters. The van der Waals surface area contributed by atoms with Gasteiger partial charge in [0.05, 0.1) is 6.10 Å². The molecule has 0 heterocycles. The number of rotatable bonds is 4. The molecule has 0 saturated carbocycles. The van der Waals surface area contributed by atoms with Crippen molar-refractivity contribution in [2.24, 2.45) is 0 Å². The predicted octanol–water partition coefficient (Wildman–Crippen LogP) is 2.12. The van der Waals surface area contributed by atoms with Crippen LogP contribution in [0.15, 0.2) is 18.2 Å². The summed E-state index contributed by atoms with van der Waals surface area (Å²) in [7, 11) is 0. The standard InChI is InChI=1S/C11H16ClNO/c1-8-3-4-10(5-11(8)12)7-13-6-9(2)14/h3-5,9,13-14H,6-7H2,1-2H3/t9-/m1/s1. The van der Waals surface area contributed by atoms with E-state index in [1.54, 1.807) is 6.92 Å². The molecular weight excluding hydrogens is 198 g/mol. The van der Waals surface area contributed by atoms with E-state index in [0.29, 0.717) is 6.54 Å². The molecule has 0 aliphatic carbocycles. The van der Waals surface area contributed by atoms with E-state index in [1.807, 2.05) is 25.1 Å². The molecule has 2 nitrogen and oxygen atoms in total. The van der Waals surface area contributed by atoms with E-state index in [2.05, 4.69) is 5.32 Å². The molecule has 0 unspecified atom stereocenters. The molecule has 0 aliphatic heterocycles. The molecule has 1 aromatic carbocycles. The molecule has 78 valence electrons. The Kier molecular flexibility index (Phi) is 4.39. The maximum absolute atomic E-state index is 9.04. The van der Waals surface area contributed by atoms with Crippen LogP contribution in [-0.2, 0) is 6.54 Å². The summed E-state index contributed by atoms with van der Waals surface area (Å²) in [6.07, 6.45) is -0.309. The summed E-state index contributed by atoms with van der Waals surface area (Å²) in [6, 6.07) is 5.99. The number of aliphatic hydroxyl groups is 1. The molecule has 0 aromatic heterocycles. The minimum Gasteiger partial charge on any atom is -0.392 e. The number of benzene rings is 1. The Morgan fingerprint density at radius 3 is 2.79 bits per heavy atom. The SMILES string of the molecule is Cc1ccc(CNC[C@@H](C)O)cc1Cl. The molecule has 3 heteroatoms. The molecular formula is C11H16ClNO. The van der Waals surface area contributed by atoms with Crippen LogP contribution in [0.5, 0.6) is 0 Å². The molecule has 14 heavy (non-hydrogen) atoms. The summed E-state index contributed by atoms with van der Waals surface area (Å²) < 4.78 is 0. The van der Waals surface area contributed by atoms with Gasteiger partial charge in [-0.25, -0.2) is 0 Å². The molecule has 0 saturated heterocycles. The molecule has 0 aliphatic rings. The van der Waals surface area contributed by atoms with Crippen molar-refractivity contribution in [3.8, 4) is 0 Å². The number of halogens is 1. The lowest BCUT2D eigenvalue weighted by Crippen LogP contribution is -2.23. The second kappa shape index (κ2) is 5.35. The van der Waals surface area contributed by atoms with Crippen LogP contribution in [0.3, 0.4) is 0 Å². The van der Waals surface area contributed by atoms with Gasteiger partial charge in [0.15, 0.2) is 0 Å². The number of hydrogen-bond acceptors (Lipinski definition) is 2. The van der Waals surface area contributed by atoms with Crippen LogP contribution in [-0.4, -0.2) is 17.8 Å². The summed E-state index contributed by atoms with van der Waals surface area (Å²) in [4.78, 5) is 0. The zero-order valence-electron chi connectivity index (χ0n) is 8.55. The molecule has 2 N–H and O–H groups in total. The predicted molar refractivity (Wildman–Crippen MR) is 59.6 cm³/mol. The topological polar surface area (TPSA) is 32.3 Å². The number of hydrogen-bond donors (Lipinski definition) is 2. The van der Waals surface area contributed by atoms with Gasteiger partial charge in [-0.3, -0.25) is 0 Å². The van der Waals surface area contributed by atoms with Gasteiger partial charge in [-0.05, 0) is 31.0 Å². The van der Waals surface area contributed by atoms with Crippen molar-refractivity contribution in [2.75, 3.05) is 6.54 Å². The van der Waals surface area contributed by atoms with Gasteiger partial charge in [0.1, 0.15) is 0 Å². The van der Waals surface area contributed by atoms with Crippen LogP contribution in [0.25, 0.3) is 0 Å². The van der Waals surface area contributed by atoms with Crippen LogP contribution in [0, 0.1) is 6.92 Å². The van der Waals surface area contributed by atoms with Gasteiger partial charge in [-0.2, -0.15) is 0 Å². The maximum Gasteiger partial charge on any atom is 0.0636 e. The fourth-order valence-electron chi connectivity index (χ4n) is 1.17. The first-order chi connectivity index (χ1) is 6.59. The number of nitrogens with one attached hydrogen (secondary N) is 1. The second-order valence-corrected chi connectivity index (χ2v) is 3.97. The normalized spacial score (nSPS) is 12.9. The van der Waals surface area contributed by atoms with Crippen molar-refractivity contribution in [3.63, 3.8) is 0 Å². The lowest BCUT2D eigenvalue weighted by atomic mass is 10.1. The average molecular weight is 214 g/mol. The largest absolute Gasteiger partial charge is 0.392 e. The van der Waals surface area contributed by atoms with Crippen LogP contribution in [0.1, 0.15) is 18.1 Å². The first-order valence-corrected chi connectivity index (χ1v) is 5.11. The number of aliphatic hydroxyl groups excluding tert-OH is 1. The molecule has 0 spiro atoms. The van der Waals surface area contributed by atoms with Crippen LogP contribution >= 0.6 is 11.6 Å². The summed E-state index contributed by atoms with van der Waals surface area (Å²) in [5.41, 5.74) is 2.23. The molecule has 0 bridgehead atoms. The van der Waals surface area contributed by atoms with Gasteiger partial charge in [0, 0.05) is 18.1 Å². The highest BCUT2D eigenvalue weighted by molar-refractivity contribution is 6.31. The van der Waals surface area contributed by atoms with Crippen molar-refractivity contribution < 1.29 is 5.11 Å². The van der Waals surface area contributed by atoms with E-state index in [1.165, 1.54) is 0 Å². The van der Waals surface area contributed by atoms with Gasteiger partial charge in [0.25, 0.3) is 0 Å². The highest BCUT2D eigenvalue weighted by Gasteiger charge is 1.98. The van der Waals surface area contributed by atoms with Crippen LogP contribution in [0.2, 0.25) is 5.02 Å². The van der Waals surface area contributed by atoms with Gasteiger partial charge in [-0.15, -0.1) is 0 Å². The third kappa shape index (κ3) is 3.66. The van der Waals surface area contributed by atoms with Crippen molar-refractivity contribution >= 4 is 11.6 Å². The third-order valence-corrected chi connectivity index (χ3v) is 2.41. The average Bonchev–Trinajstić information content (AvgIpc) is 2.10. The monoisotopic (exact) mass is 213 g/mol. The van der Waals surface area contributed by atoms with E-state index in [0.717, 1.165) is 22.7 Å². The van der Waals surface area contributed by atoms with Gasteiger partial charge in [0.2, 0.25) is 0 Å². The molecule has 1 rings (SSSR count). The molecule has 1 aromatic rings. The van der Waals surface area contributed by atoms with Crippen molar-refractivity contribution in [1.82, 2.24) is 5.32 Å². The molecule has 0 fully saturated rings. The molecule has 0 amide bonds. The fraction of sp³-hybridized carbons (Fsp3) is 0.455. The lowest BCUT2D eigenvalue weighted by Gasteiger charge is -2.07. The molecule has 0 radical (unpaired) electrons.